The summed E-state index contributed by atoms with van der Waals surface area (Å²) in [6, 6.07) is 22.1. The molecule has 0 aliphatic rings. The van der Waals surface area contributed by atoms with Crippen molar-refractivity contribution >= 4 is 31.4 Å². The lowest BCUT2D eigenvalue weighted by atomic mass is 10.1. The van der Waals surface area contributed by atoms with Crippen LogP contribution in [0.4, 0.5) is 5.69 Å². The topological polar surface area (TPSA) is 122 Å². The Labute approximate surface area is 228 Å². The molecule has 8 nitrogen and oxygen atoms in total. The predicted molar refractivity (Wildman–Crippen MR) is 151 cm³/mol. The molecule has 0 fully saturated rings. The van der Waals surface area contributed by atoms with Crippen LogP contribution in [0.2, 0.25) is 0 Å². The Hall–Kier alpha value is -4.15. The van der Waals surface area contributed by atoms with Crippen LogP contribution in [0, 0.1) is 20.8 Å². The van der Waals surface area contributed by atoms with Gasteiger partial charge in [0.2, 0.25) is 9.84 Å². The van der Waals surface area contributed by atoms with Crippen molar-refractivity contribution in [3.63, 3.8) is 0 Å². The number of rotatable bonds is 7. The van der Waals surface area contributed by atoms with Gasteiger partial charge in [-0.25, -0.2) is 8.42 Å². The lowest BCUT2D eigenvalue weighted by molar-refractivity contribution is 0.414. The number of sulfonamides is 1. The van der Waals surface area contributed by atoms with E-state index in [1.165, 1.54) is 49.6 Å². The van der Waals surface area contributed by atoms with Crippen molar-refractivity contribution in [1.82, 2.24) is 0 Å². The van der Waals surface area contributed by atoms with Gasteiger partial charge in [-0.15, -0.1) is 4.40 Å². The highest BCUT2D eigenvalue weighted by Crippen LogP contribution is 2.38. The van der Waals surface area contributed by atoms with Gasteiger partial charge in [-0.2, -0.15) is 8.42 Å². The van der Waals surface area contributed by atoms with E-state index in [2.05, 4.69) is 9.71 Å². The summed E-state index contributed by atoms with van der Waals surface area (Å²) in [5, 5.41) is 13.8. The van der Waals surface area contributed by atoms with Gasteiger partial charge in [-0.1, -0.05) is 48.0 Å². The number of aromatic hydroxyl groups is 1. The second-order valence-corrected chi connectivity index (χ2v) is 12.4. The van der Waals surface area contributed by atoms with E-state index in [1.807, 2.05) is 6.92 Å². The standard InChI is InChI=1S/C29H28N2O6S2/c1-19-10-14-25(15-11-19)39(35,36)31-29(22-8-6-5-7-9-22)30-27-20(2)18-26(32)28(21(27)3)38(33,34)24-16-12-23(37-4)13-17-24/h5-18,32H,1-4H3,(H,30,31). The highest BCUT2D eigenvalue weighted by molar-refractivity contribution is 7.91. The molecule has 0 bridgehead atoms. The summed E-state index contributed by atoms with van der Waals surface area (Å²) in [7, 11) is -6.80. The number of ether oxygens (including phenoxy) is 1. The third-order valence-corrected chi connectivity index (χ3v) is 9.39. The smallest absolute Gasteiger partial charge is 0.284 e. The molecular weight excluding hydrogens is 536 g/mol. The van der Waals surface area contributed by atoms with E-state index in [-0.39, 0.29) is 26.1 Å². The largest absolute Gasteiger partial charge is 0.507 e. The molecule has 0 saturated carbocycles. The maximum atomic E-state index is 13.6. The van der Waals surface area contributed by atoms with Crippen LogP contribution in [0.1, 0.15) is 22.3 Å². The van der Waals surface area contributed by atoms with Crippen molar-refractivity contribution < 1.29 is 26.7 Å². The van der Waals surface area contributed by atoms with E-state index >= 15 is 0 Å². The van der Waals surface area contributed by atoms with Crippen LogP contribution >= 0.6 is 0 Å². The molecule has 0 unspecified atom stereocenters. The minimum atomic E-state index is -4.15. The minimum absolute atomic E-state index is 0.000797. The summed E-state index contributed by atoms with van der Waals surface area (Å²) in [6.45, 7) is 5.07. The molecule has 0 spiro atoms. The Morgan fingerprint density at radius 1 is 0.821 bits per heavy atom. The molecule has 2 N–H and O–H groups in total. The molecule has 0 aliphatic heterocycles. The van der Waals surface area contributed by atoms with Crippen LogP contribution in [-0.2, 0) is 19.9 Å². The van der Waals surface area contributed by atoms with Gasteiger partial charge in [0.15, 0.2) is 5.84 Å². The second-order valence-electron chi connectivity index (χ2n) is 8.94. The average Bonchev–Trinajstić information content (AvgIpc) is 2.90. The maximum absolute atomic E-state index is 13.6. The minimum Gasteiger partial charge on any atom is -0.507 e. The number of phenolic OH excluding ortho intramolecular Hbond substituents is 1. The van der Waals surface area contributed by atoms with Crippen molar-refractivity contribution in [3.8, 4) is 11.5 Å². The Morgan fingerprint density at radius 3 is 2.00 bits per heavy atom. The van der Waals surface area contributed by atoms with Crippen LogP contribution in [0.25, 0.3) is 0 Å². The fourth-order valence-electron chi connectivity index (χ4n) is 4.09. The van der Waals surface area contributed by atoms with Gasteiger partial charge in [0.25, 0.3) is 10.0 Å². The zero-order chi connectivity index (χ0) is 28.4. The highest BCUT2D eigenvalue weighted by Gasteiger charge is 2.27. The third-order valence-electron chi connectivity index (χ3n) is 6.16. The Morgan fingerprint density at radius 2 is 1.41 bits per heavy atom. The average molecular weight is 565 g/mol. The van der Waals surface area contributed by atoms with Gasteiger partial charge in [0, 0.05) is 11.3 Å². The van der Waals surface area contributed by atoms with Gasteiger partial charge in [0.05, 0.1) is 16.9 Å². The molecule has 202 valence electrons. The summed E-state index contributed by atoms with van der Waals surface area (Å²) in [5.74, 6) is 0.0670. The van der Waals surface area contributed by atoms with Crippen LogP contribution in [-0.4, -0.2) is 34.9 Å². The Bertz CT molecular complexity index is 1750. The van der Waals surface area contributed by atoms with Gasteiger partial charge in [-0.3, -0.25) is 0 Å². The normalized spacial score (nSPS) is 12.3. The number of aryl methyl sites for hydroxylation is 2. The number of anilines is 1. The lowest BCUT2D eigenvalue weighted by Crippen LogP contribution is -2.19. The second kappa shape index (κ2) is 10.9. The van der Waals surface area contributed by atoms with Crippen LogP contribution < -0.4 is 10.1 Å². The summed E-state index contributed by atoms with van der Waals surface area (Å²) in [4.78, 5) is -0.310. The fraction of sp³-hybridized carbons (Fsp3) is 0.138. The third kappa shape index (κ3) is 5.81. The fourth-order valence-corrected chi connectivity index (χ4v) is 6.64. The maximum Gasteiger partial charge on any atom is 0.284 e. The molecule has 0 heterocycles. The van der Waals surface area contributed by atoms with E-state index < -0.39 is 25.6 Å². The number of nitrogens with zero attached hydrogens (tertiary/aromatic N) is 1. The first-order chi connectivity index (χ1) is 18.4. The number of hydrogen-bond donors (Lipinski definition) is 2. The quantitative estimate of drug-likeness (QED) is 0.175. The number of phenols is 1. The van der Waals surface area contributed by atoms with E-state index in [9.17, 15) is 21.9 Å². The van der Waals surface area contributed by atoms with E-state index in [0.29, 0.717) is 22.6 Å². The van der Waals surface area contributed by atoms with Crippen LogP contribution in [0.3, 0.4) is 0 Å². The zero-order valence-corrected chi connectivity index (χ0v) is 23.5. The SMILES string of the molecule is COc1ccc(S(=O)(=O)c2c(O)cc(C)c(NC(=NS(=O)(=O)c3ccc(C)cc3)c3ccccc3)c2C)cc1. The lowest BCUT2D eigenvalue weighted by Gasteiger charge is -2.19. The Balaban J connectivity index is 1.86. The molecule has 39 heavy (non-hydrogen) atoms. The molecule has 4 rings (SSSR count). The number of sulfone groups is 1. The Kier molecular flexibility index (Phi) is 7.80. The van der Waals surface area contributed by atoms with E-state index in [4.69, 9.17) is 4.74 Å². The van der Waals surface area contributed by atoms with Crippen molar-refractivity contribution in [1.29, 1.82) is 0 Å². The monoisotopic (exact) mass is 564 g/mol. The molecule has 4 aromatic carbocycles. The molecular formula is C29H28N2O6S2. The molecule has 4 aromatic rings. The number of benzene rings is 4. The summed E-state index contributed by atoms with van der Waals surface area (Å²) in [5.41, 5.74) is 2.39. The summed E-state index contributed by atoms with van der Waals surface area (Å²) < 4.78 is 62.8. The predicted octanol–water partition coefficient (Wildman–Crippen LogP) is 5.41. The first-order valence-electron chi connectivity index (χ1n) is 11.9. The van der Waals surface area contributed by atoms with Gasteiger partial charge >= 0.3 is 0 Å². The molecule has 10 heteroatoms. The van der Waals surface area contributed by atoms with Gasteiger partial charge in [-0.05, 0) is 74.4 Å². The number of methoxy groups -OCH3 is 1. The number of hydrogen-bond acceptors (Lipinski definition) is 6. The van der Waals surface area contributed by atoms with Crippen LogP contribution in [0.15, 0.2) is 104 Å². The first-order valence-corrected chi connectivity index (χ1v) is 14.8. The van der Waals surface area contributed by atoms with Gasteiger partial charge in [0.1, 0.15) is 16.4 Å². The molecule has 0 saturated heterocycles. The molecule has 0 radical (unpaired) electrons. The van der Waals surface area contributed by atoms with E-state index in [0.717, 1.165) is 5.56 Å². The van der Waals surface area contributed by atoms with Crippen molar-refractivity contribution in [3.05, 3.63) is 107 Å². The number of amidine groups is 1. The van der Waals surface area contributed by atoms with Crippen molar-refractivity contribution in [2.75, 3.05) is 12.4 Å². The van der Waals surface area contributed by atoms with Crippen molar-refractivity contribution in [2.45, 2.75) is 35.5 Å². The summed E-state index contributed by atoms with van der Waals surface area (Å²) in [6.07, 6.45) is 0. The zero-order valence-electron chi connectivity index (χ0n) is 21.8. The molecule has 0 atom stereocenters. The van der Waals surface area contributed by atoms with E-state index in [1.54, 1.807) is 56.3 Å². The molecule has 0 aliphatic carbocycles. The highest BCUT2D eigenvalue weighted by atomic mass is 32.2. The van der Waals surface area contributed by atoms with Crippen molar-refractivity contribution in [2.24, 2.45) is 4.40 Å². The first kappa shape index (κ1) is 27.9. The molecule has 0 amide bonds. The van der Waals surface area contributed by atoms with Gasteiger partial charge < -0.3 is 15.2 Å². The number of nitrogens with one attached hydrogen (secondary N) is 1. The molecule has 0 aromatic heterocycles. The summed E-state index contributed by atoms with van der Waals surface area (Å²) >= 11 is 0. The van der Waals surface area contributed by atoms with Crippen LogP contribution in [0.5, 0.6) is 11.5 Å².